The molecule has 0 aliphatic carbocycles. The second-order valence-corrected chi connectivity index (χ2v) is 8.43. The van der Waals surface area contributed by atoms with E-state index in [1.54, 1.807) is 0 Å². The van der Waals surface area contributed by atoms with Gasteiger partial charge in [0.15, 0.2) is 0 Å². The number of benzene rings is 4. The summed E-state index contributed by atoms with van der Waals surface area (Å²) in [5.74, 6) is 1.59. The number of carbonyl (C=O) groups excluding carboxylic acids is 1. The van der Waals surface area contributed by atoms with Gasteiger partial charge < -0.3 is 9.64 Å². The largest absolute Gasteiger partial charge is 0.457 e. The highest BCUT2D eigenvalue weighted by atomic mass is 16.5. The number of amides is 1. The van der Waals surface area contributed by atoms with Crippen molar-refractivity contribution < 1.29 is 9.53 Å². The van der Waals surface area contributed by atoms with Crippen LogP contribution in [0.4, 0.5) is 0 Å². The van der Waals surface area contributed by atoms with Crippen LogP contribution in [-0.2, 0) is 5.54 Å². The van der Waals surface area contributed by atoms with Crippen molar-refractivity contribution in [2.24, 2.45) is 0 Å². The first-order valence-corrected chi connectivity index (χ1v) is 10.8. The molecule has 0 N–H and O–H groups in total. The molecule has 5 rings (SSSR count). The minimum atomic E-state index is -0.691. The second kappa shape index (κ2) is 7.69. The molecule has 0 aromatic heterocycles. The van der Waals surface area contributed by atoms with E-state index >= 15 is 0 Å². The van der Waals surface area contributed by atoms with Crippen molar-refractivity contribution in [1.82, 2.24) is 4.90 Å². The third-order valence-corrected chi connectivity index (χ3v) is 6.35. The van der Waals surface area contributed by atoms with Gasteiger partial charge in [0.1, 0.15) is 17.0 Å². The zero-order valence-electron chi connectivity index (χ0n) is 18.5. The van der Waals surface area contributed by atoms with Crippen molar-refractivity contribution in [3.8, 4) is 11.5 Å². The van der Waals surface area contributed by atoms with E-state index in [2.05, 4.69) is 56.3 Å². The smallest absolute Gasteiger partial charge is 0.255 e. The van der Waals surface area contributed by atoms with Gasteiger partial charge in [0.05, 0.1) is 0 Å². The number of carbonyl (C=O) groups is 1. The van der Waals surface area contributed by atoms with E-state index in [1.807, 2.05) is 66.5 Å². The fourth-order valence-electron chi connectivity index (χ4n) is 4.67. The molecule has 0 saturated heterocycles. The Morgan fingerprint density at radius 2 is 1.12 bits per heavy atom. The summed E-state index contributed by atoms with van der Waals surface area (Å²) in [6, 6.07) is 32.4. The molecular formula is C29H25NO2. The van der Waals surface area contributed by atoms with Crippen LogP contribution in [-0.4, -0.2) is 17.9 Å². The number of rotatable bonds is 4. The molecule has 0 saturated carbocycles. The van der Waals surface area contributed by atoms with Crippen LogP contribution in [0, 0.1) is 13.8 Å². The van der Waals surface area contributed by atoms with Gasteiger partial charge in [-0.15, -0.1) is 0 Å². The summed E-state index contributed by atoms with van der Waals surface area (Å²) in [7, 11) is 1.89. The molecule has 3 nitrogen and oxygen atoms in total. The van der Waals surface area contributed by atoms with Gasteiger partial charge in [0.2, 0.25) is 0 Å². The first-order valence-electron chi connectivity index (χ1n) is 10.8. The van der Waals surface area contributed by atoms with Gasteiger partial charge in [-0.2, -0.15) is 0 Å². The first kappa shape index (κ1) is 20.1. The van der Waals surface area contributed by atoms with Crippen LogP contribution in [0.2, 0.25) is 0 Å². The maximum Gasteiger partial charge on any atom is 0.255 e. The van der Waals surface area contributed by atoms with E-state index in [4.69, 9.17) is 4.74 Å². The lowest BCUT2D eigenvalue weighted by Gasteiger charge is -2.38. The van der Waals surface area contributed by atoms with Gasteiger partial charge in [-0.3, -0.25) is 4.79 Å². The Labute approximate surface area is 188 Å². The number of aryl methyl sites for hydroxylation is 2. The molecule has 1 aliphatic heterocycles. The Balaban J connectivity index is 1.63. The van der Waals surface area contributed by atoms with E-state index in [-0.39, 0.29) is 5.91 Å². The lowest BCUT2D eigenvalue weighted by molar-refractivity contribution is 0.0736. The highest BCUT2D eigenvalue weighted by Crippen LogP contribution is 2.48. The summed E-state index contributed by atoms with van der Waals surface area (Å²) in [6.07, 6.45) is 0. The third-order valence-electron chi connectivity index (χ3n) is 6.35. The molecule has 0 spiro atoms. The van der Waals surface area contributed by atoms with E-state index < -0.39 is 5.54 Å². The molecule has 4 aromatic rings. The summed E-state index contributed by atoms with van der Waals surface area (Å²) in [5.41, 5.74) is 5.53. The lowest BCUT2D eigenvalue weighted by Crippen LogP contribution is -2.43. The average molecular weight is 420 g/mol. The zero-order chi connectivity index (χ0) is 22.3. The summed E-state index contributed by atoms with van der Waals surface area (Å²) in [6.45, 7) is 4.13. The third kappa shape index (κ3) is 3.09. The molecule has 4 aromatic carbocycles. The average Bonchev–Trinajstić information content (AvgIpc) is 3.04. The second-order valence-electron chi connectivity index (χ2n) is 8.43. The monoisotopic (exact) mass is 419 g/mol. The SMILES string of the molecule is Cc1ccc(Oc2ccc(C3(c4ccc(C)cc4)c4ccccc4C(=O)N3C)cc2)cc1. The maximum absolute atomic E-state index is 13.3. The molecule has 1 heterocycles. The summed E-state index contributed by atoms with van der Waals surface area (Å²) in [4.78, 5) is 15.1. The summed E-state index contributed by atoms with van der Waals surface area (Å²) < 4.78 is 6.04. The molecule has 158 valence electrons. The van der Waals surface area contributed by atoms with Crippen LogP contribution in [0.1, 0.15) is 38.2 Å². The molecule has 0 bridgehead atoms. The Hall–Kier alpha value is -3.85. The van der Waals surface area contributed by atoms with Crippen LogP contribution < -0.4 is 4.74 Å². The van der Waals surface area contributed by atoms with E-state index in [1.165, 1.54) is 11.1 Å². The standard InChI is InChI=1S/C29H25NO2/c1-20-8-12-22(13-9-20)29(27-7-5-4-6-26(27)28(31)30(29)3)23-14-18-25(19-15-23)32-24-16-10-21(2)11-17-24/h4-19H,1-3H3. The number of hydrogen-bond acceptors (Lipinski definition) is 2. The molecule has 0 radical (unpaired) electrons. The van der Waals surface area contributed by atoms with E-state index in [0.29, 0.717) is 0 Å². The van der Waals surface area contributed by atoms with E-state index in [0.717, 1.165) is 33.8 Å². The van der Waals surface area contributed by atoms with Crippen molar-refractivity contribution in [2.75, 3.05) is 7.05 Å². The maximum atomic E-state index is 13.3. The minimum Gasteiger partial charge on any atom is -0.457 e. The van der Waals surface area contributed by atoms with Gasteiger partial charge in [-0.25, -0.2) is 0 Å². The van der Waals surface area contributed by atoms with Crippen molar-refractivity contribution in [1.29, 1.82) is 0 Å². The highest BCUT2D eigenvalue weighted by Gasteiger charge is 2.50. The highest BCUT2D eigenvalue weighted by molar-refractivity contribution is 6.01. The van der Waals surface area contributed by atoms with Crippen molar-refractivity contribution in [3.63, 3.8) is 0 Å². The van der Waals surface area contributed by atoms with Crippen LogP contribution in [0.5, 0.6) is 11.5 Å². The normalized spacial score (nSPS) is 17.3. The predicted molar refractivity (Wildman–Crippen MR) is 127 cm³/mol. The van der Waals surface area contributed by atoms with Crippen LogP contribution in [0.3, 0.4) is 0 Å². The van der Waals surface area contributed by atoms with Crippen molar-refractivity contribution in [3.05, 3.63) is 130 Å². The van der Waals surface area contributed by atoms with Crippen molar-refractivity contribution >= 4 is 5.91 Å². The molecule has 1 amide bonds. The van der Waals surface area contributed by atoms with Crippen LogP contribution >= 0.6 is 0 Å². The topological polar surface area (TPSA) is 29.5 Å². The Kier molecular flexibility index (Phi) is 4.82. The summed E-state index contributed by atoms with van der Waals surface area (Å²) >= 11 is 0. The molecule has 3 heteroatoms. The quantitative estimate of drug-likeness (QED) is 0.379. The molecule has 1 aliphatic rings. The molecular weight excluding hydrogens is 394 g/mol. The van der Waals surface area contributed by atoms with Crippen molar-refractivity contribution in [2.45, 2.75) is 19.4 Å². The first-order chi connectivity index (χ1) is 15.5. The Morgan fingerprint density at radius 1 is 0.656 bits per heavy atom. The van der Waals surface area contributed by atoms with Gasteiger partial charge in [0.25, 0.3) is 5.91 Å². The predicted octanol–water partition coefficient (Wildman–Crippen LogP) is 6.47. The Bertz CT molecular complexity index is 1270. The molecule has 1 atom stereocenters. The number of ether oxygens (including phenoxy) is 1. The van der Waals surface area contributed by atoms with Gasteiger partial charge in [-0.05, 0) is 60.9 Å². The van der Waals surface area contributed by atoms with Gasteiger partial charge in [-0.1, -0.05) is 77.9 Å². The fourth-order valence-corrected chi connectivity index (χ4v) is 4.67. The molecule has 32 heavy (non-hydrogen) atoms. The molecule has 0 fully saturated rings. The Morgan fingerprint density at radius 3 is 1.72 bits per heavy atom. The fraction of sp³-hybridized carbons (Fsp3) is 0.138. The van der Waals surface area contributed by atoms with Crippen LogP contribution in [0.25, 0.3) is 0 Å². The number of hydrogen-bond donors (Lipinski definition) is 0. The molecule has 1 unspecified atom stereocenters. The lowest BCUT2D eigenvalue weighted by atomic mass is 9.77. The van der Waals surface area contributed by atoms with Crippen LogP contribution in [0.15, 0.2) is 97.1 Å². The summed E-state index contributed by atoms with van der Waals surface area (Å²) in [5, 5.41) is 0. The van der Waals surface area contributed by atoms with E-state index in [9.17, 15) is 4.79 Å². The van der Waals surface area contributed by atoms with Gasteiger partial charge in [0, 0.05) is 12.6 Å². The number of nitrogens with zero attached hydrogens (tertiary/aromatic N) is 1. The zero-order valence-corrected chi connectivity index (χ0v) is 18.5. The van der Waals surface area contributed by atoms with Gasteiger partial charge >= 0.3 is 0 Å². The minimum absolute atomic E-state index is 0.0288. The number of fused-ring (bicyclic) bond motifs is 1.